The molecule has 9 heteroatoms. The van der Waals surface area contributed by atoms with Crippen LogP contribution >= 0.6 is 11.3 Å². The first kappa shape index (κ1) is 24.0. The number of benzene rings is 1. The Hall–Kier alpha value is -2.10. The highest BCUT2D eigenvalue weighted by Gasteiger charge is 2.29. The molecule has 0 unspecified atom stereocenters. The summed E-state index contributed by atoms with van der Waals surface area (Å²) in [4.78, 5) is 15.5. The Kier molecular flexibility index (Phi) is 7.93. The minimum absolute atomic E-state index is 0.0342. The quantitative estimate of drug-likeness (QED) is 0.558. The fraction of sp³-hybridized carbons (Fsp3) is 0.542. The van der Waals surface area contributed by atoms with E-state index in [2.05, 4.69) is 0 Å². The van der Waals surface area contributed by atoms with Crippen molar-refractivity contribution in [2.75, 3.05) is 32.8 Å². The van der Waals surface area contributed by atoms with Crippen molar-refractivity contribution in [1.82, 2.24) is 9.21 Å². The van der Waals surface area contributed by atoms with Gasteiger partial charge in [-0.3, -0.25) is 4.79 Å². The van der Waals surface area contributed by atoms with E-state index < -0.39 is 10.0 Å². The molecule has 2 aliphatic heterocycles. The van der Waals surface area contributed by atoms with Crippen LogP contribution in [0.3, 0.4) is 0 Å². The molecule has 0 atom stereocenters. The summed E-state index contributed by atoms with van der Waals surface area (Å²) in [5.41, 5.74) is 0. The van der Waals surface area contributed by atoms with Gasteiger partial charge in [-0.15, -0.1) is 11.3 Å². The highest BCUT2D eigenvalue weighted by molar-refractivity contribution is 7.91. The number of likely N-dealkylation sites (tertiary alicyclic amines) is 1. The summed E-state index contributed by atoms with van der Waals surface area (Å²) in [6.07, 6.45) is 4.69. The second-order valence-corrected chi connectivity index (χ2v) is 11.8. The molecule has 2 aromatic rings. The molecule has 2 fully saturated rings. The van der Waals surface area contributed by atoms with Crippen LogP contribution in [0.2, 0.25) is 0 Å². The first-order valence-electron chi connectivity index (χ1n) is 11.7. The molecule has 0 spiro atoms. The van der Waals surface area contributed by atoms with Crippen LogP contribution < -0.4 is 9.47 Å². The van der Waals surface area contributed by atoms with Crippen molar-refractivity contribution < 1.29 is 22.7 Å². The van der Waals surface area contributed by atoms with Crippen LogP contribution in [0.4, 0.5) is 0 Å². The Morgan fingerprint density at radius 1 is 1.00 bits per heavy atom. The molecule has 4 rings (SSSR count). The van der Waals surface area contributed by atoms with Gasteiger partial charge in [0.25, 0.3) is 10.0 Å². The topological polar surface area (TPSA) is 76.1 Å². The average molecular weight is 493 g/mol. The van der Waals surface area contributed by atoms with E-state index in [1.807, 2.05) is 36.1 Å². The van der Waals surface area contributed by atoms with E-state index in [9.17, 15) is 13.2 Å². The fourth-order valence-corrected chi connectivity index (χ4v) is 7.33. The SMILES string of the molecule is CCOc1ccccc1OC1CCN(C(=O)Cc2ccc(S(=O)(=O)N3CCCCC3)s2)CC1. The number of carbonyl (C=O) groups excluding carboxylic acids is 1. The molecule has 0 bridgehead atoms. The van der Waals surface area contributed by atoms with Crippen LogP contribution in [0.25, 0.3) is 0 Å². The molecule has 0 aliphatic carbocycles. The maximum atomic E-state index is 12.9. The molecule has 2 aliphatic rings. The van der Waals surface area contributed by atoms with Crippen molar-refractivity contribution in [1.29, 1.82) is 0 Å². The molecule has 0 saturated carbocycles. The molecule has 3 heterocycles. The summed E-state index contributed by atoms with van der Waals surface area (Å²) in [5.74, 6) is 1.52. The van der Waals surface area contributed by atoms with Gasteiger partial charge in [0.2, 0.25) is 5.91 Å². The number of para-hydroxylation sites is 2. The number of hydrogen-bond donors (Lipinski definition) is 0. The van der Waals surface area contributed by atoms with Gasteiger partial charge in [0.15, 0.2) is 11.5 Å². The second-order valence-electron chi connectivity index (χ2n) is 8.44. The van der Waals surface area contributed by atoms with Crippen LogP contribution in [0.5, 0.6) is 11.5 Å². The van der Waals surface area contributed by atoms with Gasteiger partial charge in [0, 0.05) is 43.9 Å². The highest BCUT2D eigenvalue weighted by Crippen LogP contribution is 2.30. The summed E-state index contributed by atoms with van der Waals surface area (Å²) in [6, 6.07) is 11.1. The van der Waals surface area contributed by atoms with Crippen molar-refractivity contribution in [3.05, 3.63) is 41.3 Å². The Bertz CT molecular complexity index is 1040. The molecular formula is C24H32N2O5S2. The molecule has 0 N–H and O–H groups in total. The Morgan fingerprint density at radius 2 is 1.70 bits per heavy atom. The van der Waals surface area contributed by atoms with Gasteiger partial charge in [-0.25, -0.2) is 8.42 Å². The summed E-state index contributed by atoms with van der Waals surface area (Å²) in [5, 5.41) is 0. The van der Waals surface area contributed by atoms with Crippen molar-refractivity contribution in [2.24, 2.45) is 0 Å². The standard InChI is InChI=1S/C24H32N2O5S2/c1-2-30-21-8-4-5-9-22(21)31-19-12-16-25(17-13-19)23(27)18-20-10-11-24(32-20)33(28,29)26-14-6-3-7-15-26/h4-5,8-11,19H,2-3,6-7,12-18H2,1H3. The van der Waals surface area contributed by atoms with Gasteiger partial charge in [0.1, 0.15) is 10.3 Å². The van der Waals surface area contributed by atoms with Crippen molar-refractivity contribution in [3.63, 3.8) is 0 Å². The van der Waals surface area contributed by atoms with Crippen LogP contribution in [0.1, 0.15) is 43.9 Å². The Morgan fingerprint density at radius 3 is 2.39 bits per heavy atom. The molecular weight excluding hydrogens is 460 g/mol. The van der Waals surface area contributed by atoms with Crippen molar-refractivity contribution >= 4 is 27.3 Å². The molecule has 1 aromatic heterocycles. The average Bonchev–Trinajstić information content (AvgIpc) is 3.31. The van der Waals surface area contributed by atoms with E-state index in [-0.39, 0.29) is 18.4 Å². The van der Waals surface area contributed by atoms with E-state index in [0.29, 0.717) is 37.0 Å². The molecule has 0 radical (unpaired) electrons. The maximum absolute atomic E-state index is 12.9. The summed E-state index contributed by atoms with van der Waals surface area (Å²) in [7, 11) is -3.45. The van der Waals surface area contributed by atoms with Gasteiger partial charge in [-0.1, -0.05) is 18.6 Å². The number of hydrogen-bond acceptors (Lipinski definition) is 6. The smallest absolute Gasteiger partial charge is 0.252 e. The summed E-state index contributed by atoms with van der Waals surface area (Å²) >= 11 is 1.22. The number of thiophene rings is 1. The second kappa shape index (κ2) is 10.9. The maximum Gasteiger partial charge on any atom is 0.252 e. The van der Waals surface area contributed by atoms with Gasteiger partial charge in [-0.05, 0) is 44.0 Å². The molecule has 180 valence electrons. The predicted molar refractivity (Wildman–Crippen MR) is 128 cm³/mol. The lowest BCUT2D eigenvalue weighted by Crippen LogP contribution is -2.42. The molecule has 1 amide bonds. The number of rotatable bonds is 8. The first-order valence-corrected chi connectivity index (χ1v) is 14.0. The third-order valence-electron chi connectivity index (χ3n) is 6.11. The van der Waals surface area contributed by atoms with Gasteiger partial charge in [0.05, 0.1) is 13.0 Å². The molecule has 7 nitrogen and oxygen atoms in total. The van der Waals surface area contributed by atoms with E-state index in [1.165, 1.54) is 11.3 Å². The molecule has 33 heavy (non-hydrogen) atoms. The van der Waals surface area contributed by atoms with Gasteiger partial charge in [-0.2, -0.15) is 4.31 Å². The lowest BCUT2D eigenvalue weighted by Gasteiger charge is -2.32. The van der Waals surface area contributed by atoms with Crippen molar-refractivity contribution in [2.45, 2.75) is 55.8 Å². The van der Waals surface area contributed by atoms with Gasteiger partial charge >= 0.3 is 0 Å². The highest BCUT2D eigenvalue weighted by atomic mass is 32.2. The van der Waals surface area contributed by atoms with Crippen LogP contribution in [-0.2, 0) is 21.2 Å². The third-order valence-corrected chi connectivity index (χ3v) is 9.56. The summed E-state index contributed by atoms with van der Waals surface area (Å²) < 4.78 is 39.4. The zero-order valence-electron chi connectivity index (χ0n) is 19.1. The summed E-state index contributed by atoms with van der Waals surface area (Å²) in [6.45, 7) is 4.95. The number of sulfonamides is 1. The monoisotopic (exact) mass is 492 g/mol. The van der Waals surface area contributed by atoms with Crippen molar-refractivity contribution in [3.8, 4) is 11.5 Å². The number of piperidine rings is 2. The first-order chi connectivity index (χ1) is 16.0. The van der Waals surface area contributed by atoms with E-state index >= 15 is 0 Å². The van der Waals surface area contributed by atoms with E-state index in [0.717, 1.165) is 48.5 Å². The lowest BCUT2D eigenvalue weighted by molar-refractivity contribution is -0.132. The molecule has 1 aromatic carbocycles. The van der Waals surface area contributed by atoms with Crippen LogP contribution in [0, 0.1) is 0 Å². The lowest BCUT2D eigenvalue weighted by atomic mass is 10.1. The third kappa shape index (κ3) is 5.88. The fourth-order valence-electron chi connectivity index (χ4n) is 4.31. The zero-order valence-corrected chi connectivity index (χ0v) is 20.7. The van der Waals surface area contributed by atoms with E-state index in [4.69, 9.17) is 9.47 Å². The van der Waals surface area contributed by atoms with E-state index in [1.54, 1.807) is 16.4 Å². The largest absolute Gasteiger partial charge is 0.490 e. The Balaban J connectivity index is 1.29. The number of amides is 1. The number of nitrogens with zero attached hydrogens (tertiary/aromatic N) is 2. The predicted octanol–water partition coefficient (Wildman–Crippen LogP) is 3.93. The van der Waals surface area contributed by atoms with Gasteiger partial charge < -0.3 is 14.4 Å². The number of carbonyl (C=O) groups is 1. The Labute approximate surface area is 200 Å². The zero-order chi connectivity index (χ0) is 23.3. The van der Waals surface area contributed by atoms with Crippen LogP contribution in [-0.4, -0.2) is 62.4 Å². The minimum Gasteiger partial charge on any atom is -0.490 e. The number of ether oxygens (including phenoxy) is 2. The molecule has 2 saturated heterocycles. The van der Waals surface area contributed by atoms with Crippen LogP contribution in [0.15, 0.2) is 40.6 Å². The normalized spacial score (nSPS) is 18.3. The minimum atomic E-state index is -3.45.